The first-order valence-electron chi connectivity index (χ1n) is 7.74. The summed E-state index contributed by atoms with van der Waals surface area (Å²) >= 11 is 1.61. The van der Waals surface area contributed by atoms with Crippen molar-refractivity contribution in [3.8, 4) is 11.4 Å². The van der Waals surface area contributed by atoms with Crippen molar-refractivity contribution >= 4 is 22.7 Å². The first-order valence-corrected chi connectivity index (χ1v) is 8.73. The molecule has 0 amide bonds. The topological polar surface area (TPSA) is 54.5 Å². The number of aryl methyl sites for hydroxylation is 1. The minimum absolute atomic E-state index is 0.749. The van der Waals surface area contributed by atoms with E-state index in [1.807, 2.05) is 12.3 Å². The Morgan fingerprint density at radius 2 is 1.83 bits per heavy atom. The van der Waals surface area contributed by atoms with Gasteiger partial charge in [-0.25, -0.2) is 4.98 Å². The predicted octanol–water partition coefficient (Wildman–Crippen LogP) is 4.62. The number of nitrogens with zero attached hydrogens (tertiary/aromatic N) is 3. The van der Waals surface area contributed by atoms with Crippen LogP contribution in [0, 0.1) is 6.92 Å². The second kappa shape index (κ2) is 6.45. The lowest BCUT2D eigenvalue weighted by Gasteiger charge is -2.03. The van der Waals surface area contributed by atoms with Crippen molar-refractivity contribution in [3.05, 3.63) is 71.9 Å². The number of hydrogen-bond acceptors (Lipinski definition) is 4. The quantitative estimate of drug-likeness (QED) is 0.554. The number of thioether (sulfide) groups is 1. The van der Waals surface area contributed by atoms with Gasteiger partial charge in [-0.2, -0.15) is 0 Å². The van der Waals surface area contributed by atoms with Crippen LogP contribution >= 0.6 is 11.8 Å². The number of hydrogen-bond donors (Lipinski definition) is 1. The number of fused-ring (bicyclic) bond motifs is 1. The third-order valence-corrected chi connectivity index (χ3v) is 4.76. The molecule has 0 aliphatic rings. The largest absolute Gasteiger partial charge is 0.258 e. The Bertz CT molecular complexity index is 971. The molecule has 2 aromatic heterocycles. The molecular weight excluding hydrogens is 316 g/mol. The second-order valence-corrected chi connectivity index (χ2v) is 6.56. The highest BCUT2D eigenvalue weighted by molar-refractivity contribution is 7.98. The van der Waals surface area contributed by atoms with Crippen LogP contribution in [0.5, 0.6) is 0 Å². The van der Waals surface area contributed by atoms with Crippen LogP contribution < -0.4 is 0 Å². The molecule has 4 aromatic rings. The molecule has 0 unspecified atom stereocenters. The minimum Gasteiger partial charge on any atom is -0.258 e. The van der Waals surface area contributed by atoms with Gasteiger partial charge in [0.1, 0.15) is 0 Å². The molecule has 0 saturated heterocycles. The summed E-state index contributed by atoms with van der Waals surface area (Å²) in [7, 11) is 0. The Balaban J connectivity index is 1.53. The second-order valence-electron chi connectivity index (χ2n) is 5.61. The number of aromatic nitrogens is 4. The zero-order valence-corrected chi connectivity index (χ0v) is 14.0. The monoisotopic (exact) mass is 332 g/mol. The Morgan fingerprint density at radius 3 is 2.71 bits per heavy atom. The molecule has 2 aromatic carbocycles. The van der Waals surface area contributed by atoms with E-state index in [0.29, 0.717) is 0 Å². The van der Waals surface area contributed by atoms with E-state index in [4.69, 9.17) is 0 Å². The molecule has 0 bridgehead atoms. The number of rotatable bonds is 4. The fourth-order valence-corrected chi connectivity index (χ4v) is 3.36. The maximum Gasteiger partial charge on any atom is 0.209 e. The van der Waals surface area contributed by atoms with Crippen LogP contribution in [0.4, 0.5) is 0 Å². The lowest BCUT2D eigenvalue weighted by molar-refractivity contribution is 0.973. The van der Waals surface area contributed by atoms with E-state index in [1.54, 1.807) is 11.8 Å². The highest BCUT2D eigenvalue weighted by Crippen LogP contribution is 2.25. The maximum absolute atomic E-state index is 4.58. The van der Waals surface area contributed by atoms with Gasteiger partial charge in [-0.15, -0.1) is 5.10 Å². The third-order valence-electron chi connectivity index (χ3n) is 3.86. The van der Waals surface area contributed by atoms with Crippen molar-refractivity contribution in [2.24, 2.45) is 0 Å². The highest BCUT2D eigenvalue weighted by atomic mass is 32.2. The van der Waals surface area contributed by atoms with E-state index in [1.165, 1.54) is 11.1 Å². The van der Waals surface area contributed by atoms with E-state index in [9.17, 15) is 0 Å². The molecule has 4 nitrogen and oxygen atoms in total. The number of H-pyrrole nitrogens is 1. The lowest BCUT2D eigenvalue weighted by Crippen LogP contribution is -1.87. The summed E-state index contributed by atoms with van der Waals surface area (Å²) < 4.78 is 0. The molecule has 2 heterocycles. The number of aromatic amines is 1. The van der Waals surface area contributed by atoms with Crippen molar-refractivity contribution in [2.75, 3.05) is 0 Å². The summed E-state index contributed by atoms with van der Waals surface area (Å²) in [5, 5.41) is 9.24. The Labute approximate surface area is 144 Å². The van der Waals surface area contributed by atoms with Crippen LogP contribution in [0.3, 0.4) is 0 Å². The molecule has 118 valence electrons. The van der Waals surface area contributed by atoms with Gasteiger partial charge in [0.05, 0.1) is 5.52 Å². The molecule has 24 heavy (non-hydrogen) atoms. The third kappa shape index (κ3) is 3.03. The van der Waals surface area contributed by atoms with Gasteiger partial charge in [0.2, 0.25) is 5.16 Å². The SMILES string of the molecule is Cc1ccc(-c2nc(SCc3cccc4cccnc34)n[nH]2)cc1. The lowest BCUT2D eigenvalue weighted by atomic mass is 10.1. The van der Waals surface area contributed by atoms with Gasteiger partial charge in [0.15, 0.2) is 5.82 Å². The predicted molar refractivity (Wildman–Crippen MR) is 97.9 cm³/mol. The van der Waals surface area contributed by atoms with Gasteiger partial charge in [-0.1, -0.05) is 65.9 Å². The molecule has 0 fully saturated rings. The molecule has 0 aliphatic carbocycles. The van der Waals surface area contributed by atoms with Crippen molar-refractivity contribution in [1.82, 2.24) is 20.2 Å². The normalized spacial score (nSPS) is 11.0. The fourth-order valence-electron chi connectivity index (χ4n) is 2.58. The van der Waals surface area contributed by atoms with E-state index < -0.39 is 0 Å². The molecule has 0 aliphatic heterocycles. The van der Waals surface area contributed by atoms with Crippen molar-refractivity contribution in [1.29, 1.82) is 0 Å². The maximum atomic E-state index is 4.58. The van der Waals surface area contributed by atoms with Crippen LogP contribution in [-0.4, -0.2) is 20.2 Å². The van der Waals surface area contributed by atoms with Gasteiger partial charge in [0, 0.05) is 22.9 Å². The fraction of sp³-hybridized carbons (Fsp3) is 0.105. The van der Waals surface area contributed by atoms with E-state index in [0.717, 1.165) is 33.2 Å². The van der Waals surface area contributed by atoms with Crippen molar-refractivity contribution in [2.45, 2.75) is 17.8 Å². The average molecular weight is 332 g/mol. The summed E-state index contributed by atoms with van der Waals surface area (Å²) in [5.41, 5.74) is 4.52. The van der Waals surface area contributed by atoms with Gasteiger partial charge in [-0.3, -0.25) is 10.1 Å². The molecule has 0 atom stereocenters. The van der Waals surface area contributed by atoms with E-state index in [-0.39, 0.29) is 0 Å². The van der Waals surface area contributed by atoms with Gasteiger partial charge < -0.3 is 0 Å². The number of nitrogens with one attached hydrogen (secondary N) is 1. The number of pyridine rings is 1. The summed E-state index contributed by atoms with van der Waals surface area (Å²) in [6.07, 6.45) is 1.83. The summed E-state index contributed by atoms with van der Waals surface area (Å²) in [5.74, 6) is 1.59. The minimum atomic E-state index is 0.749. The zero-order valence-electron chi connectivity index (χ0n) is 13.2. The van der Waals surface area contributed by atoms with Gasteiger partial charge >= 0.3 is 0 Å². The molecule has 0 spiro atoms. The molecule has 0 saturated carbocycles. The van der Waals surface area contributed by atoms with Gasteiger partial charge in [0.25, 0.3) is 0 Å². The summed E-state index contributed by atoms with van der Waals surface area (Å²) in [6, 6.07) is 18.6. The van der Waals surface area contributed by atoms with Crippen LogP contribution in [0.25, 0.3) is 22.3 Å². The van der Waals surface area contributed by atoms with Crippen LogP contribution in [0.2, 0.25) is 0 Å². The van der Waals surface area contributed by atoms with Crippen molar-refractivity contribution < 1.29 is 0 Å². The molecule has 5 heteroatoms. The summed E-state index contributed by atoms with van der Waals surface area (Å²) in [4.78, 5) is 9.07. The average Bonchev–Trinajstić information content (AvgIpc) is 3.09. The van der Waals surface area contributed by atoms with Crippen LogP contribution in [0.1, 0.15) is 11.1 Å². The standard InChI is InChI=1S/C19H16N4S/c1-13-7-9-15(10-8-13)18-21-19(23-22-18)24-12-16-5-2-4-14-6-3-11-20-17(14)16/h2-11H,12H2,1H3,(H,21,22,23). The smallest absolute Gasteiger partial charge is 0.209 e. The highest BCUT2D eigenvalue weighted by Gasteiger charge is 2.08. The molecule has 1 N–H and O–H groups in total. The van der Waals surface area contributed by atoms with Crippen molar-refractivity contribution in [3.63, 3.8) is 0 Å². The van der Waals surface area contributed by atoms with Crippen LogP contribution in [-0.2, 0) is 5.75 Å². The van der Waals surface area contributed by atoms with Gasteiger partial charge in [-0.05, 0) is 18.6 Å². The first-order chi connectivity index (χ1) is 11.8. The Hall–Kier alpha value is -2.66. The number of para-hydroxylation sites is 1. The van der Waals surface area contributed by atoms with E-state index >= 15 is 0 Å². The molecular formula is C19H16N4S. The van der Waals surface area contributed by atoms with E-state index in [2.05, 4.69) is 75.6 Å². The Kier molecular flexibility index (Phi) is 4.01. The molecule has 0 radical (unpaired) electrons. The molecule has 4 rings (SSSR count). The first kappa shape index (κ1) is 14.9. The number of benzene rings is 2. The summed E-state index contributed by atoms with van der Waals surface area (Å²) in [6.45, 7) is 2.07. The van der Waals surface area contributed by atoms with Crippen LogP contribution in [0.15, 0.2) is 66.0 Å². The zero-order chi connectivity index (χ0) is 16.4. The Morgan fingerprint density at radius 1 is 1.00 bits per heavy atom.